The molecule has 6 aromatic rings. The molecule has 0 saturated carbocycles. The van der Waals surface area contributed by atoms with Gasteiger partial charge in [0.2, 0.25) is 18.1 Å². The molecule has 26 nitrogen and oxygen atoms in total. The molecular formula is C53H58ClN7O19S. The predicted octanol–water partition coefficient (Wildman–Crippen LogP) is 2.05. The molecule has 432 valence electrons. The summed E-state index contributed by atoms with van der Waals surface area (Å²) in [4.78, 5) is 59.3. The van der Waals surface area contributed by atoms with E-state index in [9.17, 15) is 48.0 Å². The second kappa shape index (κ2) is 24.4. The van der Waals surface area contributed by atoms with Crippen molar-refractivity contribution in [1.82, 2.24) is 29.8 Å². The number of likely N-dealkylation sites (tertiary alicyclic amines) is 1. The normalized spacial score (nSPS) is 20.7. The van der Waals surface area contributed by atoms with E-state index in [1.54, 1.807) is 47.3 Å². The van der Waals surface area contributed by atoms with Crippen molar-refractivity contribution in [2.45, 2.75) is 62.4 Å². The lowest BCUT2D eigenvalue weighted by molar-refractivity contribution is -0.277. The summed E-state index contributed by atoms with van der Waals surface area (Å²) in [5.41, 5.74) is 2.26. The van der Waals surface area contributed by atoms with Crippen molar-refractivity contribution < 1.29 is 89.5 Å². The molecule has 0 bridgehead atoms. The number of aromatic nitrogens is 4. The van der Waals surface area contributed by atoms with Gasteiger partial charge in [-0.25, -0.2) is 4.68 Å². The number of fused-ring (bicyclic) bond motifs is 6. The molecule has 1 unspecified atom stereocenters. The highest BCUT2D eigenvalue weighted by atomic mass is 35.5. The van der Waals surface area contributed by atoms with Crippen LogP contribution >= 0.6 is 11.6 Å². The Morgan fingerprint density at radius 1 is 0.852 bits per heavy atom. The Morgan fingerprint density at radius 3 is 2.40 bits per heavy atom. The Labute approximate surface area is 467 Å². The first-order valence-corrected chi connectivity index (χ1v) is 27.7. The molecule has 4 aliphatic rings. The summed E-state index contributed by atoms with van der Waals surface area (Å²) in [6.07, 6.45) is -6.11. The molecule has 28 heteroatoms. The van der Waals surface area contributed by atoms with E-state index < -0.39 is 76.9 Å². The van der Waals surface area contributed by atoms with Gasteiger partial charge in [0, 0.05) is 79.8 Å². The Morgan fingerprint density at radius 2 is 1.62 bits per heavy atom. The van der Waals surface area contributed by atoms with Crippen molar-refractivity contribution in [3.05, 3.63) is 89.4 Å². The van der Waals surface area contributed by atoms with E-state index in [0.717, 1.165) is 12.1 Å². The molecule has 4 aliphatic heterocycles. The zero-order valence-corrected chi connectivity index (χ0v) is 45.4. The van der Waals surface area contributed by atoms with Crippen LogP contribution in [0.5, 0.6) is 34.5 Å². The van der Waals surface area contributed by atoms with Crippen LogP contribution in [0.4, 0.5) is 5.69 Å². The Hall–Kier alpha value is -7.34. The minimum Gasteiger partial charge on any atom is -0.497 e. The largest absolute Gasteiger partial charge is 0.501 e. The predicted molar refractivity (Wildman–Crippen MR) is 284 cm³/mol. The molecule has 2 saturated heterocycles. The first kappa shape index (κ1) is 56.9. The fourth-order valence-corrected chi connectivity index (χ4v) is 10.9. The fraction of sp³-hybridized carbons (Fsp3) is 0.434. The first-order chi connectivity index (χ1) is 39.0. The third-order valence-corrected chi connectivity index (χ3v) is 15.3. The summed E-state index contributed by atoms with van der Waals surface area (Å²) in [6, 6.07) is 14.9. The number of amides is 4. The number of aromatic amines is 1. The highest BCUT2D eigenvalue weighted by Gasteiger charge is 2.45. The molecule has 4 aromatic carbocycles. The van der Waals surface area contributed by atoms with E-state index in [0.29, 0.717) is 77.6 Å². The summed E-state index contributed by atoms with van der Waals surface area (Å²) in [5.74, 6) is -1.78. The minimum atomic E-state index is -5.27. The number of aliphatic hydroxyl groups is 4. The van der Waals surface area contributed by atoms with Crippen molar-refractivity contribution in [3.8, 4) is 34.5 Å². The topological polar surface area (TPSA) is 323 Å². The molecule has 2 fully saturated rings. The van der Waals surface area contributed by atoms with Gasteiger partial charge in [-0.15, -0.1) is 25.1 Å². The number of benzene rings is 4. The van der Waals surface area contributed by atoms with Crippen molar-refractivity contribution in [3.63, 3.8) is 0 Å². The summed E-state index contributed by atoms with van der Waals surface area (Å²) in [7, 11) is -2.32. The van der Waals surface area contributed by atoms with Crippen LogP contribution in [0.25, 0.3) is 21.7 Å². The minimum absolute atomic E-state index is 0.0695. The maximum absolute atomic E-state index is 14.6. The van der Waals surface area contributed by atoms with Gasteiger partial charge < -0.3 is 76.7 Å². The van der Waals surface area contributed by atoms with E-state index >= 15 is 0 Å². The standard InChI is InChI=1S/C53H58ClN7O19S/c1-58(12-16-74-17-13-59-27-31(56-57-59)11-15-73-18-14-60-44(63)9-10-45(60)64)51(68)29-3-7-39(77-53-49(67)48(66)47(65)43(28-62)78-53)42(21-29)80-81(70,71)79-41-24-38-46(34-22-32(72-2)4-5-33(34)41)30(25-54)26-61(38)52(69)37-23-35-36(55-37)6-8-40-50(35)76-20-19-75-40/h3-8,21-24,27,30,43,47-49,53,55,62,65-67H,9-20,25-26,28H2,1-2H3/t30-,43-,47+,48+,49?,53-/m1/s1. The van der Waals surface area contributed by atoms with Gasteiger partial charge >= 0.3 is 10.4 Å². The van der Waals surface area contributed by atoms with Crippen LogP contribution in [0.2, 0.25) is 0 Å². The Balaban J connectivity index is 0.852. The van der Waals surface area contributed by atoms with E-state index in [2.05, 4.69) is 15.3 Å². The van der Waals surface area contributed by atoms with Crippen LogP contribution in [0.15, 0.2) is 66.9 Å². The van der Waals surface area contributed by atoms with Gasteiger partial charge in [0.1, 0.15) is 49.1 Å². The molecule has 0 spiro atoms. The molecule has 6 atom stereocenters. The summed E-state index contributed by atoms with van der Waals surface area (Å²) < 4.78 is 81.7. The number of anilines is 1. The monoisotopic (exact) mass is 1160 g/mol. The van der Waals surface area contributed by atoms with E-state index in [4.69, 9.17) is 53.1 Å². The first-order valence-electron chi connectivity index (χ1n) is 25.9. The quantitative estimate of drug-likeness (QED) is 0.0348. The number of rotatable bonds is 23. The van der Waals surface area contributed by atoms with Crippen LogP contribution in [0.1, 0.15) is 50.9 Å². The zero-order chi connectivity index (χ0) is 57.1. The van der Waals surface area contributed by atoms with E-state index in [-0.39, 0.29) is 98.1 Å². The van der Waals surface area contributed by atoms with Crippen molar-refractivity contribution >= 4 is 73.0 Å². The molecule has 4 amide bonds. The number of carbonyl (C=O) groups is 4. The molecule has 0 aliphatic carbocycles. The maximum atomic E-state index is 14.6. The summed E-state index contributed by atoms with van der Waals surface area (Å²) >= 11 is 6.60. The average Bonchev–Trinajstić information content (AvgIpc) is 3.91. The molecule has 10 rings (SSSR count). The number of aliphatic hydroxyl groups excluding tert-OH is 4. The number of hydrogen-bond donors (Lipinski definition) is 5. The number of nitrogens with one attached hydrogen (secondary N) is 1. The average molecular weight is 1160 g/mol. The highest BCUT2D eigenvalue weighted by molar-refractivity contribution is 7.82. The molecule has 2 aromatic heterocycles. The lowest BCUT2D eigenvalue weighted by Crippen LogP contribution is -2.60. The van der Waals surface area contributed by atoms with Crippen LogP contribution in [0, 0.1) is 0 Å². The maximum Gasteiger partial charge on any atom is 0.501 e. The highest BCUT2D eigenvalue weighted by Crippen LogP contribution is 2.48. The smallest absolute Gasteiger partial charge is 0.497 e. The number of halogens is 1. The van der Waals surface area contributed by atoms with Gasteiger partial charge in [0.25, 0.3) is 11.8 Å². The van der Waals surface area contributed by atoms with Gasteiger partial charge in [-0.05, 0) is 65.5 Å². The Bertz CT molecular complexity index is 3430. The third-order valence-electron chi connectivity index (χ3n) is 14.1. The lowest BCUT2D eigenvalue weighted by Gasteiger charge is -2.39. The third kappa shape index (κ3) is 12.2. The number of likely N-dealkylation sites (N-methyl/N-ethyl adjacent to an activating group) is 1. The number of nitrogens with zero attached hydrogens (tertiary/aromatic N) is 6. The van der Waals surface area contributed by atoms with Gasteiger partial charge in [-0.1, -0.05) is 5.21 Å². The number of hydrogen-bond acceptors (Lipinski definition) is 21. The zero-order valence-electron chi connectivity index (χ0n) is 43.8. The van der Waals surface area contributed by atoms with Crippen LogP contribution in [0.3, 0.4) is 0 Å². The van der Waals surface area contributed by atoms with Gasteiger partial charge in [-0.2, -0.15) is 0 Å². The molecular weight excluding hydrogens is 1110 g/mol. The van der Waals surface area contributed by atoms with Crippen LogP contribution < -0.4 is 32.2 Å². The van der Waals surface area contributed by atoms with Gasteiger partial charge in [0.15, 0.2) is 28.7 Å². The van der Waals surface area contributed by atoms with Gasteiger partial charge in [0.05, 0.1) is 70.1 Å². The second-order valence-corrected chi connectivity index (χ2v) is 20.8. The number of imide groups is 1. The molecule has 81 heavy (non-hydrogen) atoms. The Kier molecular flexibility index (Phi) is 17.1. The second-order valence-electron chi connectivity index (χ2n) is 19.4. The molecule has 0 radical (unpaired) electrons. The molecule has 5 N–H and O–H groups in total. The van der Waals surface area contributed by atoms with Gasteiger partial charge in [-0.3, -0.25) is 24.1 Å². The number of H-pyrrole nitrogens is 1. The van der Waals surface area contributed by atoms with Crippen molar-refractivity contribution in [2.75, 3.05) is 90.8 Å². The number of carbonyl (C=O) groups excluding carboxylic acids is 4. The SMILES string of the molecule is COc1ccc2c(OS(=O)(=O)Oc3cc(C(=O)N(C)CCOCCn4cc(CCOCCN5C(=O)CCC5=O)nn4)ccc3O[C@@H]3O[C@H](CO)[C@H](O)[C@H](O)C3O)cc3c(c2c1)[C@H](CCl)CN3C(=O)c1cc2c3c(ccc2[nH]1)OCCO3. The van der Waals surface area contributed by atoms with Crippen LogP contribution in [-0.4, -0.2) is 199 Å². The number of alkyl halides is 1. The van der Waals surface area contributed by atoms with Crippen molar-refractivity contribution in [2.24, 2.45) is 0 Å². The van der Waals surface area contributed by atoms with Crippen LogP contribution in [-0.2, 0) is 47.2 Å². The lowest BCUT2D eigenvalue weighted by atomic mass is 9.95. The summed E-state index contributed by atoms with van der Waals surface area (Å²) in [5, 5.41) is 51.3. The van der Waals surface area contributed by atoms with Crippen molar-refractivity contribution in [1.29, 1.82) is 0 Å². The fourth-order valence-electron chi connectivity index (χ4n) is 9.91. The summed E-state index contributed by atoms with van der Waals surface area (Å²) in [6.45, 7) is 1.40. The van der Waals surface area contributed by atoms with E-state index in [1.165, 1.54) is 41.0 Å². The molecule has 6 heterocycles. The number of methoxy groups -OCH3 is 1. The number of ether oxygens (including phenoxy) is 7. The van der Waals surface area contributed by atoms with E-state index in [1.807, 2.05) is 0 Å².